The molecule has 0 fully saturated rings. The normalized spacial score (nSPS) is 12.8. The van der Waals surface area contributed by atoms with Gasteiger partial charge in [-0.15, -0.1) is 0 Å². The van der Waals surface area contributed by atoms with Crippen LogP contribution in [0.2, 0.25) is 0 Å². The van der Waals surface area contributed by atoms with Crippen LogP contribution in [-0.2, 0) is 0 Å². The molecule has 1 aromatic heterocycles. The van der Waals surface area contributed by atoms with Gasteiger partial charge >= 0.3 is 0 Å². The molecular weight excluding hydrogens is 165 g/mol. The van der Waals surface area contributed by atoms with Gasteiger partial charge in [-0.2, -0.15) is 4.39 Å². The minimum Gasteiger partial charge on any atom is -0.228 e. The van der Waals surface area contributed by atoms with E-state index in [0.29, 0.717) is 5.92 Å². The average molecular weight is 181 g/mol. The lowest BCUT2D eigenvalue weighted by atomic mass is 9.93. The van der Waals surface area contributed by atoms with E-state index in [0.717, 1.165) is 24.8 Å². The quantitative estimate of drug-likeness (QED) is 0.648. The Hall–Kier alpha value is -0.920. The summed E-state index contributed by atoms with van der Waals surface area (Å²) in [6, 6.07) is 3.46. The van der Waals surface area contributed by atoms with E-state index in [1.165, 1.54) is 0 Å². The van der Waals surface area contributed by atoms with Gasteiger partial charge in [-0.1, -0.05) is 20.3 Å². The van der Waals surface area contributed by atoms with E-state index in [1.54, 1.807) is 12.3 Å². The molecule has 0 aliphatic carbocycles. The fourth-order valence-electron chi connectivity index (χ4n) is 1.63. The first-order valence-corrected chi connectivity index (χ1v) is 4.89. The van der Waals surface area contributed by atoms with Gasteiger partial charge in [0.15, 0.2) is 0 Å². The Morgan fingerprint density at radius 2 is 2.23 bits per heavy atom. The third-order valence-corrected chi connectivity index (χ3v) is 2.35. The Balaban J connectivity index is 2.78. The second-order valence-electron chi connectivity index (χ2n) is 3.31. The fourth-order valence-corrected chi connectivity index (χ4v) is 1.63. The predicted molar refractivity (Wildman–Crippen MR) is 52.1 cm³/mol. The third kappa shape index (κ3) is 2.79. The molecule has 1 heterocycles. The molecule has 2 heteroatoms. The first kappa shape index (κ1) is 10.2. The Morgan fingerprint density at radius 1 is 1.46 bits per heavy atom. The fraction of sp³-hybridized carbons (Fsp3) is 0.545. The zero-order valence-corrected chi connectivity index (χ0v) is 8.26. The van der Waals surface area contributed by atoms with Crippen molar-refractivity contribution in [3.8, 4) is 0 Å². The number of halogens is 1. The van der Waals surface area contributed by atoms with E-state index in [-0.39, 0.29) is 5.95 Å². The number of aromatic nitrogens is 1. The molecule has 0 N–H and O–H groups in total. The molecule has 1 nitrogen and oxygen atoms in total. The predicted octanol–water partition coefficient (Wildman–Crippen LogP) is 3.51. The molecule has 0 spiro atoms. The van der Waals surface area contributed by atoms with Crippen LogP contribution in [0.3, 0.4) is 0 Å². The van der Waals surface area contributed by atoms with Gasteiger partial charge in [0.05, 0.1) is 0 Å². The van der Waals surface area contributed by atoms with Gasteiger partial charge < -0.3 is 0 Å². The van der Waals surface area contributed by atoms with Crippen molar-refractivity contribution >= 4 is 0 Å². The summed E-state index contributed by atoms with van der Waals surface area (Å²) in [5, 5.41) is 0. The zero-order valence-electron chi connectivity index (χ0n) is 8.26. The Kier molecular flexibility index (Phi) is 3.87. The first-order chi connectivity index (χ1) is 6.27. The average Bonchev–Trinajstić information content (AvgIpc) is 2.14. The van der Waals surface area contributed by atoms with Crippen molar-refractivity contribution in [2.45, 2.75) is 39.0 Å². The van der Waals surface area contributed by atoms with Crippen molar-refractivity contribution in [3.63, 3.8) is 0 Å². The summed E-state index contributed by atoms with van der Waals surface area (Å²) < 4.78 is 12.8. The topological polar surface area (TPSA) is 12.9 Å². The van der Waals surface area contributed by atoms with Crippen molar-refractivity contribution in [2.75, 3.05) is 0 Å². The second kappa shape index (κ2) is 4.95. The molecule has 0 saturated carbocycles. The molecule has 1 aromatic rings. The van der Waals surface area contributed by atoms with Crippen LogP contribution < -0.4 is 0 Å². The van der Waals surface area contributed by atoms with Crippen LogP contribution in [0.4, 0.5) is 4.39 Å². The summed E-state index contributed by atoms with van der Waals surface area (Å²) in [5.41, 5.74) is 1.08. The third-order valence-electron chi connectivity index (χ3n) is 2.35. The van der Waals surface area contributed by atoms with Gasteiger partial charge in [-0.3, -0.25) is 0 Å². The summed E-state index contributed by atoms with van der Waals surface area (Å²) in [6.07, 6.45) is 4.88. The van der Waals surface area contributed by atoms with Crippen molar-refractivity contribution < 1.29 is 4.39 Å². The van der Waals surface area contributed by atoms with Crippen molar-refractivity contribution in [3.05, 3.63) is 29.8 Å². The van der Waals surface area contributed by atoms with Crippen molar-refractivity contribution in [1.29, 1.82) is 0 Å². The summed E-state index contributed by atoms with van der Waals surface area (Å²) in [4.78, 5) is 3.55. The van der Waals surface area contributed by atoms with E-state index in [9.17, 15) is 4.39 Å². The molecule has 1 atom stereocenters. The largest absolute Gasteiger partial charge is 0.228 e. The second-order valence-corrected chi connectivity index (χ2v) is 3.31. The molecule has 72 valence electrons. The van der Waals surface area contributed by atoms with Gasteiger partial charge in [-0.25, -0.2) is 4.98 Å². The maximum absolute atomic E-state index is 12.8. The lowest BCUT2D eigenvalue weighted by molar-refractivity contribution is 0.560. The molecule has 0 aliphatic heterocycles. The van der Waals surface area contributed by atoms with Crippen molar-refractivity contribution in [1.82, 2.24) is 4.98 Å². The summed E-state index contributed by atoms with van der Waals surface area (Å²) in [7, 11) is 0. The lowest BCUT2D eigenvalue weighted by Crippen LogP contribution is -1.98. The standard InChI is InChI=1S/C11H16FN/c1-3-5-9(4-2)10-6-7-13-11(12)8-10/h6-9H,3-5H2,1-2H3. The van der Waals surface area contributed by atoms with E-state index in [4.69, 9.17) is 0 Å². The van der Waals surface area contributed by atoms with Gasteiger partial charge in [-0.05, 0) is 36.5 Å². The molecule has 0 radical (unpaired) electrons. The molecule has 0 saturated heterocycles. The summed E-state index contributed by atoms with van der Waals surface area (Å²) in [5.74, 6) is 0.120. The van der Waals surface area contributed by atoms with E-state index in [1.807, 2.05) is 6.07 Å². The van der Waals surface area contributed by atoms with Gasteiger partial charge in [0.2, 0.25) is 5.95 Å². The van der Waals surface area contributed by atoms with Gasteiger partial charge in [0, 0.05) is 6.20 Å². The molecule has 1 rings (SSSR count). The van der Waals surface area contributed by atoms with Crippen LogP contribution in [0.5, 0.6) is 0 Å². The summed E-state index contributed by atoms with van der Waals surface area (Å²) >= 11 is 0. The maximum Gasteiger partial charge on any atom is 0.213 e. The van der Waals surface area contributed by atoms with E-state index < -0.39 is 0 Å². The minimum atomic E-state index is -0.368. The number of rotatable bonds is 4. The van der Waals surface area contributed by atoms with Crippen LogP contribution >= 0.6 is 0 Å². The molecule has 13 heavy (non-hydrogen) atoms. The Labute approximate surface area is 79.0 Å². The van der Waals surface area contributed by atoms with Crippen LogP contribution in [-0.4, -0.2) is 4.98 Å². The SMILES string of the molecule is CCCC(CC)c1ccnc(F)c1. The molecular formula is C11H16FN. The zero-order chi connectivity index (χ0) is 9.68. The smallest absolute Gasteiger partial charge is 0.213 e. The lowest BCUT2D eigenvalue weighted by Gasteiger charge is -2.13. The van der Waals surface area contributed by atoms with Gasteiger partial charge in [0.25, 0.3) is 0 Å². The van der Waals surface area contributed by atoms with E-state index in [2.05, 4.69) is 18.8 Å². The van der Waals surface area contributed by atoms with E-state index >= 15 is 0 Å². The van der Waals surface area contributed by atoms with Gasteiger partial charge in [0.1, 0.15) is 0 Å². The Bertz CT molecular complexity index is 260. The monoisotopic (exact) mass is 181 g/mol. The molecule has 0 aromatic carbocycles. The molecule has 0 bridgehead atoms. The number of pyridine rings is 1. The molecule has 0 amide bonds. The maximum atomic E-state index is 12.8. The highest BCUT2D eigenvalue weighted by molar-refractivity contribution is 5.16. The molecule has 0 aliphatic rings. The van der Waals surface area contributed by atoms with Crippen molar-refractivity contribution in [2.24, 2.45) is 0 Å². The highest BCUT2D eigenvalue weighted by Gasteiger charge is 2.08. The summed E-state index contributed by atoms with van der Waals surface area (Å²) in [6.45, 7) is 4.29. The van der Waals surface area contributed by atoms with Crippen LogP contribution in [0.25, 0.3) is 0 Å². The number of hydrogen-bond donors (Lipinski definition) is 0. The van der Waals surface area contributed by atoms with Crippen LogP contribution in [0, 0.1) is 5.95 Å². The first-order valence-electron chi connectivity index (χ1n) is 4.89. The minimum absolute atomic E-state index is 0.368. The highest BCUT2D eigenvalue weighted by Crippen LogP contribution is 2.24. The Morgan fingerprint density at radius 3 is 2.77 bits per heavy atom. The number of hydrogen-bond acceptors (Lipinski definition) is 1. The van der Waals surface area contributed by atoms with Crippen LogP contribution in [0.15, 0.2) is 18.3 Å². The highest BCUT2D eigenvalue weighted by atomic mass is 19.1. The molecule has 1 unspecified atom stereocenters. The van der Waals surface area contributed by atoms with Crippen LogP contribution in [0.1, 0.15) is 44.6 Å². The number of nitrogens with zero attached hydrogens (tertiary/aromatic N) is 1.